The van der Waals surface area contributed by atoms with Gasteiger partial charge in [-0.2, -0.15) is 5.26 Å². The number of sulfone groups is 1. The third-order valence-electron chi connectivity index (χ3n) is 3.10. The molecule has 0 aliphatic carbocycles. The molecule has 0 saturated heterocycles. The molecule has 0 atom stereocenters. The molecule has 2 N–H and O–H groups in total. The van der Waals surface area contributed by atoms with Crippen molar-refractivity contribution in [2.24, 2.45) is 0 Å². The molecule has 2 rings (SSSR count). The molecule has 2 aromatic rings. The number of rotatable bonds is 4. The molecule has 122 valence electrons. The van der Waals surface area contributed by atoms with Gasteiger partial charge in [-0.05, 0) is 43.4 Å². The fourth-order valence-electron chi connectivity index (χ4n) is 1.83. The molecule has 0 amide bonds. The number of allylic oxidation sites excluding steroid dienone is 1. The van der Waals surface area contributed by atoms with E-state index < -0.39 is 14.7 Å². The Bertz CT molecular complexity index is 897. The fourth-order valence-corrected chi connectivity index (χ4v) is 3.09. The van der Waals surface area contributed by atoms with Crippen LogP contribution in [0.3, 0.4) is 0 Å². The molecule has 0 radical (unpaired) electrons. The SMILES string of the molecule is Cc1ccc(S(=O)(=O)/C(C#N)=C\NC(=S)Nc2ccccc2)cc1. The molecule has 0 aromatic heterocycles. The van der Waals surface area contributed by atoms with Gasteiger partial charge in [0.2, 0.25) is 9.84 Å². The molecule has 7 heteroatoms. The second kappa shape index (κ2) is 7.73. The molecule has 0 fully saturated rings. The molecule has 0 unspecified atom stereocenters. The highest BCUT2D eigenvalue weighted by atomic mass is 32.2. The van der Waals surface area contributed by atoms with E-state index in [-0.39, 0.29) is 10.0 Å². The molecule has 24 heavy (non-hydrogen) atoms. The van der Waals surface area contributed by atoms with Crippen LogP contribution in [0, 0.1) is 18.3 Å². The maximum Gasteiger partial charge on any atom is 0.218 e. The van der Waals surface area contributed by atoms with Crippen LogP contribution in [0.1, 0.15) is 5.56 Å². The van der Waals surface area contributed by atoms with E-state index in [1.54, 1.807) is 18.2 Å². The number of nitriles is 1. The van der Waals surface area contributed by atoms with E-state index in [1.807, 2.05) is 37.3 Å². The summed E-state index contributed by atoms with van der Waals surface area (Å²) in [5, 5.41) is 14.9. The molecule has 0 aliphatic heterocycles. The lowest BCUT2D eigenvalue weighted by Crippen LogP contribution is -2.24. The van der Waals surface area contributed by atoms with Gasteiger partial charge in [-0.15, -0.1) is 0 Å². The Morgan fingerprint density at radius 3 is 2.33 bits per heavy atom. The first kappa shape index (κ1) is 17.7. The standard InChI is InChI=1S/C17H15N3O2S2/c1-13-7-9-15(10-8-13)24(21,22)16(11-18)12-19-17(23)20-14-5-3-2-4-6-14/h2-10,12H,1H3,(H2,19,20,23)/b16-12-. The van der Waals surface area contributed by atoms with E-state index in [0.717, 1.165) is 17.5 Å². The average Bonchev–Trinajstić information content (AvgIpc) is 2.56. The van der Waals surface area contributed by atoms with Crippen LogP contribution in [-0.2, 0) is 9.84 Å². The molecule has 5 nitrogen and oxygen atoms in total. The summed E-state index contributed by atoms with van der Waals surface area (Å²) in [7, 11) is -3.89. The summed E-state index contributed by atoms with van der Waals surface area (Å²) in [6.07, 6.45) is 1.09. The van der Waals surface area contributed by atoms with Gasteiger partial charge in [0, 0.05) is 11.9 Å². The van der Waals surface area contributed by atoms with E-state index in [0.29, 0.717) is 0 Å². The highest BCUT2D eigenvalue weighted by Crippen LogP contribution is 2.18. The van der Waals surface area contributed by atoms with E-state index >= 15 is 0 Å². The van der Waals surface area contributed by atoms with Crippen LogP contribution in [0.4, 0.5) is 5.69 Å². The molecular formula is C17H15N3O2S2. The van der Waals surface area contributed by atoms with Gasteiger partial charge in [-0.25, -0.2) is 8.42 Å². The van der Waals surface area contributed by atoms with Crippen LogP contribution < -0.4 is 10.6 Å². The van der Waals surface area contributed by atoms with Crippen molar-refractivity contribution < 1.29 is 8.42 Å². The number of benzene rings is 2. The monoisotopic (exact) mass is 357 g/mol. The summed E-state index contributed by atoms with van der Waals surface area (Å²) in [6.45, 7) is 1.85. The first-order valence-electron chi connectivity index (χ1n) is 6.98. The van der Waals surface area contributed by atoms with Gasteiger partial charge in [0.1, 0.15) is 6.07 Å². The van der Waals surface area contributed by atoms with Gasteiger partial charge in [0.15, 0.2) is 10.0 Å². The van der Waals surface area contributed by atoms with Crippen molar-refractivity contribution in [1.82, 2.24) is 5.32 Å². The maximum absolute atomic E-state index is 12.5. The predicted octanol–water partition coefficient (Wildman–Crippen LogP) is 3.12. The molecule has 0 saturated carbocycles. The number of nitrogens with zero attached hydrogens (tertiary/aromatic N) is 1. The largest absolute Gasteiger partial charge is 0.337 e. The van der Waals surface area contributed by atoms with Crippen LogP contribution in [0.15, 0.2) is 70.6 Å². The molecule has 0 aliphatic rings. The highest BCUT2D eigenvalue weighted by Gasteiger charge is 2.20. The first-order valence-corrected chi connectivity index (χ1v) is 8.87. The lowest BCUT2D eigenvalue weighted by atomic mass is 10.2. The Kier molecular flexibility index (Phi) is 5.68. The van der Waals surface area contributed by atoms with Crippen LogP contribution in [0.25, 0.3) is 0 Å². The van der Waals surface area contributed by atoms with Crippen molar-refractivity contribution in [3.63, 3.8) is 0 Å². The number of anilines is 1. The highest BCUT2D eigenvalue weighted by molar-refractivity contribution is 7.95. The van der Waals surface area contributed by atoms with Crippen molar-refractivity contribution in [3.8, 4) is 6.07 Å². The zero-order valence-corrected chi connectivity index (χ0v) is 14.5. The van der Waals surface area contributed by atoms with Crippen molar-refractivity contribution in [3.05, 3.63) is 71.3 Å². The topological polar surface area (TPSA) is 82.0 Å². The fraction of sp³-hybridized carbons (Fsp3) is 0.0588. The zero-order chi connectivity index (χ0) is 17.6. The summed E-state index contributed by atoms with van der Waals surface area (Å²) in [6, 6.07) is 17.2. The third-order valence-corrected chi connectivity index (χ3v) is 5.00. The number of thiocarbonyl (C=S) groups is 1. The van der Waals surface area contributed by atoms with Gasteiger partial charge >= 0.3 is 0 Å². The van der Waals surface area contributed by atoms with E-state index in [2.05, 4.69) is 10.6 Å². The minimum absolute atomic E-state index is 0.0598. The number of nitrogens with one attached hydrogen (secondary N) is 2. The lowest BCUT2D eigenvalue weighted by molar-refractivity contribution is 0.603. The predicted molar refractivity (Wildman–Crippen MR) is 97.9 cm³/mol. The normalized spacial score (nSPS) is 11.4. The van der Waals surface area contributed by atoms with Crippen LogP contribution in [-0.4, -0.2) is 13.5 Å². The van der Waals surface area contributed by atoms with E-state index in [1.165, 1.54) is 12.1 Å². The third kappa shape index (κ3) is 4.41. The Morgan fingerprint density at radius 2 is 1.75 bits per heavy atom. The summed E-state index contributed by atoms with van der Waals surface area (Å²) in [5.74, 6) is 0. The minimum Gasteiger partial charge on any atom is -0.337 e. The van der Waals surface area contributed by atoms with Gasteiger partial charge in [0.05, 0.1) is 4.90 Å². The van der Waals surface area contributed by atoms with Crippen molar-refractivity contribution >= 4 is 32.9 Å². The van der Waals surface area contributed by atoms with Crippen molar-refractivity contribution in [1.29, 1.82) is 5.26 Å². The summed E-state index contributed by atoms with van der Waals surface area (Å²) in [4.78, 5) is -0.354. The Balaban J connectivity index is 2.15. The summed E-state index contributed by atoms with van der Waals surface area (Å²) >= 11 is 5.09. The van der Waals surface area contributed by atoms with Gasteiger partial charge in [-0.1, -0.05) is 35.9 Å². The second-order valence-electron chi connectivity index (χ2n) is 4.90. The van der Waals surface area contributed by atoms with Gasteiger partial charge < -0.3 is 10.6 Å². The average molecular weight is 357 g/mol. The van der Waals surface area contributed by atoms with Crippen LogP contribution in [0.5, 0.6) is 0 Å². The maximum atomic E-state index is 12.5. The van der Waals surface area contributed by atoms with Crippen molar-refractivity contribution in [2.45, 2.75) is 11.8 Å². The van der Waals surface area contributed by atoms with E-state index in [4.69, 9.17) is 12.2 Å². The van der Waals surface area contributed by atoms with Crippen LogP contribution >= 0.6 is 12.2 Å². The molecule has 0 bridgehead atoms. The Morgan fingerprint density at radius 1 is 1.12 bits per heavy atom. The van der Waals surface area contributed by atoms with Crippen LogP contribution in [0.2, 0.25) is 0 Å². The van der Waals surface area contributed by atoms with Gasteiger partial charge in [-0.3, -0.25) is 0 Å². The molecule has 0 heterocycles. The minimum atomic E-state index is -3.89. The lowest BCUT2D eigenvalue weighted by Gasteiger charge is -2.08. The number of para-hydroxylation sites is 1. The van der Waals surface area contributed by atoms with E-state index in [9.17, 15) is 13.7 Å². The summed E-state index contributed by atoms with van der Waals surface area (Å²) < 4.78 is 24.9. The molecular weight excluding hydrogens is 342 g/mol. The number of hydrogen-bond donors (Lipinski definition) is 2. The molecule has 2 aromatic carbocycles. The quantitative estimate of drug-likeness (QED) is 0.646. The molecule has 0 spiro atoms. The Labute approximate surface area is 146 Å². The van der Waals surface area contributed by atoms with Gasteiger partial charge in [0.25, 0.3) is 0 Å². The summed E-state index contributed by atoms with van der Waals surface area (Å²) in [5.41, 5.74) is 1.69. The zero-order valence-electron chi connectivity index (χ0n) is 12.9. The number of hydrogen-bond acceptors (Lipinski definition) is 4. The Hall–Kier alpha value is -2.69. The first-order chi connectivity index (χ1) is 11.4. The smallest absolute Gasteiger partial charge is 0.218 e. The number of aryl methyl sites for hydroxylation is 1. The second-order valence-corrected chi connectivity index (χ2v) is 7.23. The van der Waals surface area contributed by atoms with Crippen molar-refractivity contribution in [2.75, 3.05) is 5.32 Å².